The molecule has 1 amide bonds. The van der Waals surface area contributed by atoms with E-state index in [0.29, 0.717) is 26.2 Å². The van der Waals surface area contributed by atoms with Crippen LogP contribution in [0.25, 0.3) is 0 Å². The lowest BCUT2D eigenvalue weighted by Crippen LogP contribution is -2.41. The Morgan fingerprint density at radius 3 is 2.72 bits per heavy atom. The first-order valence-electron chi connectivity index (χ1n) is 5.83. The van der Waals surface area contributed by atoms with Crippen LogP contribution in [0, 0.1) is 5.92 Å². The molecule has 0 spiro atoms. The summed E-state index contributed by atoms with van der Waals surface area (Å²) in [6, 6.07) is 0. The quantitative estimate of drug-likeness (QED) is 0.424. The van der Waals surface area contributed by atoms with Crippen molar-refractivity contribution >= 4 is 11.9 Å². The van der Waals surface area contributed by atoms with Crippen molar-refractivity contribution in [2.24, 2.45) is 5.92 Å². The predicted molar refractivity (Wildman–Crippen MR) is 68.3 cm³/mol. The molecule has 104 valence electrons. The number of rotatable bonds is 10. The number of nitrogens with zero attached hydrogens (tertiary/aromatic N) is 1. The Bertz CT molecular complexity index is 281. The number of carboxylic acids is 1. The molecular weight excluding hydrogens is 236 g/mol. The Morgan fingerprint density at radius 2 is 2.22 bits per heavy atom. The summed E-state index contributed by atoms with van der Waals surface area (Å²) in [6.45, 7) is 7.07. The van der Waals surface area contributed by atoms with E-state index in [1.54, 1.807) is 25.0 Å². The van der Waals surface area contributed by atoms with E-state index in [9.17, 15) is 9.59 Å². The lowest BCUT2D eigenvalue weighted by atomic mass is 10.1. The third kappa shape index (κ3) is 7.81. The molecular formula is C12H22N2O4. The number of carboxylic acid groups (broad SMARTS) is 1. The van der Waals surface area contributed by atoms with Gasteiger partial charge in [0.05, 0.1) is 19.1 Å². The number of methoxy groups -OCH3 is 1. The second-order valence-corrected chi connectivity index (χ2v) is 4.06. The highest BCUT2D eigenvalue weighted by atomic mass is 16.5. The van der Waals surface area contributed by atoms with Crippen LogP contribution in [0.1, 0.15) is 6.92 Å². The second-order valence-electron chi connectivity index (χ2n) is 4.06. The van der Waals surface area contributed by atoms with Gasteiger partial charge in [-0.2, -0.15) is 0 Å². The van der Waals surface area contributed by atoms with Crippen molar-refractivity contribution in [3.63, 3.8) is 0 Å². The Hall–Kier alpha value is -1.40. The fraction of sp³-hybridized carbons (Fsp3) is 0.667. The van der Waals surface area contributed by atoms with Gasteiger partial charge in [-0.1, -0.05) is 13.0 Å². The average Bonchev–Trinajstić information content (AvgIpc) is 2.29. The molecule has 18 heavy (non-hydrogen) atoms. The van der Waals surface area contributed by atoms with Crippen molar-refractivity contribution in [3.05, 3.63) is 12.7 Å². The van der Waals surface area contributed by atoms with Gasteiger partial charge in [0.15, 0.2) is 0 Å². The first-order chi connectivity index (χ1) is 8.51. The summed E-state index contributed by atoms with van der Waals surface area (Å²) in [4.78, 5) is 24.1. The fourth-order valence-electron chi connectivity index (χ4n) is 1.40. The molecule has 0 saturated heterocycles. The monoisotopic (exact) mass is 258 g/mol. The van der Waals surface area contributed by atoms with Crippen molar-refractivity contribution in [1.82, 2.24) is 10.2 Å². The van der Waals surface area contributed by atoms with Gasteiger partial charge < -0.3 is 15.2 Å². The molecule has 1 unspecified atom stereocenters. The normalized spacial score (nSPS) is 12.2. The minimum absolute atomic E-state index is 0.147. The molecule has 6 nitrogen and oxygen atoms in total. The molecule has 0 aromatic rings. The Morgan fingerprint density at radius 1 is 1.56 bits per heavy atom. The topological polar surface area (TPSA) is 78.9 Å². The summed E-state index contributed by atoms with van der Waals surface area (Å²) < 4.78 is 4.82. The van der Waals surface area contributed by atoms with Gasteiger partial charge in [0, 0.05) is 26.7 Å². The molecule has 0 saturated carbocycles. The SMILES string of the molecule is C=CCN(CC(=O)NCCOC)CC(C)C(=O)O. The second kappa shape index (κ2) is 9.61. The van der Waals surface area contributed by atoms with E-state index < -0.39 is 11.9 Å². The molecule has 0 radical (unpaired) electrons. The van der Waals surface area contributed by atoms with Gasteiger partial charge >= 0.3 is 5.97 Å². The van der Waals surface area contributed by atoms with Gasteiger partial charge in [0.2, 0.25) is 5.91 Å². The molecule has 1 atom stereocenters. The van der Waals surface area contributed by atoms with Crippen LogP contribution in [0.4, 0.5) is 0 Å². The number of carbonyl (C=O) groups excluding carboxylic acids is 1. The van der Waals surface area contributed by atoms with E-state index in [-0.39, 0.29) is 12.5 Å². The summed E-state index contributed by atoms with van der Waals surface area (Å²) in [5.41, 5.74) is 0. The molecule has 0 aliphatic rings. The number of ether oxygens (including phenoxy) is 1. The Balaban J connectivity index is 4.13. The largest absolute Gasteiger partial charge is 0.481 e. The summed E-state index contributed by atoms with van der Waals surface area (Å²) in [7, 11) is 1.56. The molecule has 0 aliphatic carbocycles. The molecule has 6 heteroatoms. The van der Waals surface area contributed by atoms with Crippen LogP contribution in [-0.2, 0) is 14.3 Å². The summed E-state index contributed by atoms with van der Waals surface area (Å²) >= 11 is 0. The first-order valence-corrected chi connectivity index (χ1v) is 5.83. The van der Waals surface area contributed by atoms with Crippen LogP contribution in [0.2, 0.25) is 0 Å². The highest BCUT2D eigenvalue weighted by molar-refractivity contribution is 5.78. The van der Waals surface area contributed by atoms with Gasteiger partial charge in [-0.3, -0.25) is 14.5 Å². The number of hydrogen-bond acceptors (Lipinski definition) is 4. The van der Waals surface area contributed by atoms with Gasteiger partial charge in [-0.15, -0.1) is 6.58 Å². The van der Waals surface area contributed by atoms with Crippen molar-refractivity contribution in [2.75, 3.05) is 39.9 Å². The third-order valence-corrected chi connectivity index (χ3v) is 2.34. The maximum Gasteiger partial charge on any atom is 0.307 e. The first kappa shape index (κ1) is 16.6. The van der Waals surface area contributed by atoms with E-state index in [1.165, 1.54) is 0 Å². The smallest absolute Gasteiger partial charge is 0.307 e. The van der Waals surface area contributed by atoms with Crippen molar-refractivity contribution in [2.45, 2.75) is 6.92 Å². The van der Waals surface area contributed by atoms with Crippen LogP contribution in [0.15, 0.2) is 12.7 Å². The fourth-order valence-corrected chi connectivity index (χ4v) is 1.40. The van der Waals surface area contributed by atoms with Crippen LogP contribution in [0.5, 0.6) is 0 Å². The molecule has 0 aromatic carbocycles. The zero-order valence-electron chi connectivity index (χ0n) is 11.0. The molecule has 0 aromatic heterocycles. The maximum atomic E-state index is 11.6. The van der Waals surface area contributed by atoms with Crippen LogP contribution >= 0.6 is 0 Å². The van der Waals surface area contributed by atoms with E-state index in [2.05, 4.69) is 11.9 Å². The van der Waals surface area contributed by atoms with Gasteiger partial charge in [-0.05, 0) is 0 Å². The zero-order chi connectivity index (χ0) is 14.0. The molecule has 0 fully saturated rings. The number of nitrogens with one attached hydrogen (secondary N) is 1. The highest BCUT2D eigenvalue weighted by Gasteiger charge is 2.17. The van der Waals surface area contributed by atoms with E-state index in [4.69, 9.17) is 9.84 Å². The number of hydrogen-bond donors (Lipinski definition) is 2. The van der Waals surface area contributed by atoms with E-state index in [0.717, 1.165) is 0 Å². The number of carbonyl (C=O) groups is 2. The Labute approximate surface area is 108 Å². The number of aliphatic carboxylic acids is 1. The summed E-state index contributed by atoms with van der Waals surface area (Å²) in [5, 5.41) is 11.5. The van der Waals surface area contributed by atoms with Crippen molar-refractivity contribution < 1.29 is 19.4 Å². The summed E-state index contributed by atoms with van der Waals surface area (Å²) in [5.74, 6) is -1.54. The van der Waals surface area contributed by atoms with Gasteiger partial charge in [0.1, 0.15) is 0 Å². The van der Waals surface area contributed by atoms with E-state index in [1.807, 2.05) is 0 Å². The molecule has 0 rings (SSSR count). The van der Waals surface area contributed by atoms with Gasteiger partial charge in [0.25, 0.3) is 0 Å². The minimum atomic E-state index is -0.871. The lowest BCUT2D eigenvalue weighted by Gasteiger charge is -2.22. The third-order valence-electron chi connectivity index (χ3n) is 2.34. The van der Waals surface area contributed by atoms with Crippen molar-refractivity contribution in [1.29, 1.82) is 0 Å². The standard InChI is InChI=1S/C12H22N2O4/c1-4-6-14(8-10(2)12(16)17)9-11(15)13-5-7-18-3/h4,10H,1,5-9H2,2-3H3,(H,13,15)(H,16,17). The number of amides is 1. The predicted octanol–water partition coefficient (Wildman–Crippen LogP) is -0.0423. The molecule has 2 N–H and O–H groups in total. The maximum absolute atomic E-state index is 11.6. The van der Waals surface area contributed by atoms with Crippen LogP contribution in [-0.4, -0.2) is 61.8 Å². The lowest BCUT2D eigenvalue weighted by molar-refractivity contribution is -0.142. The van der Waals surface area contributed by atoms with Crippen molar-refractivity contribution in [3.8, 4) is 0 Å². The van der Waals surface area contributed by atoms with Crippen LogP contribution < -0.4 is 5.32 Å². The minimum Gasteiger partial charge on any atom is -0.481 e. The molecule has 0 bridgehead atoms. The zero-order valence-corrected chi connectivity index (χ0v) is 11.0. The van der Waals surface area contributed by atoms with E-state index >= 15 is 0 Å². The Kier molecular flexibility index (Phi) is 8.86. The summed E-state index contributed by atoms with van der Waals surface area (Å²) in [6.07, 6.45) is 1.65. The molecule has 0 aliphatic heterocycles. The van der Waals surface area contributed by atoms with Gasteiger partial charge in [-0.25, -0.2) is 0 Å². The average molecular weight is 258 g/mol. The molecule has 0 heterocycles. The van der Waals surface area contributed by atoms with Crippen LogP contribution in [0.3, 0.4) is 0 Å². The highest BCUT2D eigenvalue weighted by Crippen LogP contribution is 2.00.